The first-order valence-corrected chi connectivity index (χ1v) is 9.37. The average Bonchev–Trinajstić information content (AvgIpc) is 3.35. The molecular formula is C19H17N3O3S. The Labute approximate surface area is 152 Å². The van der Waals surface area contributed by atoms with E-state index in [4.69, 9.17) is 4.42 Å². The number of hydrogen-bond donors (Lipinski definition) is 3. The lowest BCUT2D eigenvalue weighted by Crippen LogP contribution is -2.31. The molecule has 3 N–H and O–H groups in total. The van der Waals surface area contributed by atoms with Crippen LogP contribution in [-0.4, -0.2) is 16.0 Å². The lowest BCUT2D eigenvalue weighted by molar-refractivity contribution is -0.116. The number of carbonyl (C=O) groups excluding carboxylic acids is 1. The third-order valence-electron chi connectivity index (χ3n) is 5.17. The number of anilines is 1. The molecule has 0 saturated heterocycles. The van der Waals surface area contributed by atoms with Crippen LogP contribution in [0.2, 0.25) is 0 Å². The van der Waals surface area contributed by atoms with Crippen LogP contribution in [0.5, 0.6) is 0 Å². The zero-order valence-corrected chi connectivity index (χ0v) is 14.9. The van der Waals surface area contributed by atoms with E-state index in [0.29, 0.717) is 29.8 Å². The third kappa shape index (κ3) is 2.24. The van der Waals surface area contributed by atoms with Crippen LogP contribution in [0.25, 0.3) is 0 Å². The normalized spacial score (nSPS) is 22.1. The van der Waals surface area contributed by atoms with Crippen LogP contribution >= 0.6 is 11.3 Å². The number of rotatable bonds is 2. The molecule has 0 bridgehead atoms. The number of aryl methyl sites for hydroxylation is 1. The van der Waals surface area contributed by atoms with Crippen molar-refractivity contribution in [3.05, 3.63) is 73.2 Å². The van der Waals surface area contributed by atoms with Crippen LogP contribution in [0.15, 0.2) is 51.0 Å². The number of fused-ring (bicyclic) bond motifs is 1. The number of H-pyrrole nitrogens is 2. The topological polar surface area (TPSA) is 90.9 Å². The highest BCUT2D eigenvalue weighted by molar-refractivity contribution is 7.12. The Morgan fingerprint density at radius 1 is 1.15 bits per heavy atom. The minimum atomic E-state index is -0.319. The van der Waals surface area contributed by atoms with Gasteiger partial charge in [-0.1, -0.05) is 0 Å². The number of thiophene rings is 1. The third-order valence-corrected chi connectivity index (χ3v) is 6.23. The van der Waals surface area contributed by atoms with Gasteiger partial charge in [-0.3, -0.25) is 19.8 Å². The van der Waals surface area contributed by atoms with Crippen molar-refractivity contribution >= 4 is 22.9 Å². The first kappa shape index (κ1) is 15.5. The van der Waals surface area contributed by atoms with Crippen molar-refractivity contribution in [2.24, 2.45) is 0 Å². The number of nitrogens with one attached hydrogen (secondary N) is 3. The van der Waals surface area contributed by atoms with Crippen molar-refractivity contribution in [3.8, 4) is 0 Å². The van der Waals surface area contributed by atoms with Crippen molar-refractivity contribution in [3.63, 3.8) is 0 Å². The van der Waals surface area contributed by atoms with Gasteiger partial charge in [-0.15, -0.1) is 11.3 Å². The van der Waals surface area contributed by atoms with Gasteiger partial charge in [-0.05, 0) is 37.6 Å². The van der Waals surface area contributed by atoms with Crippen molar-refractivity contribution in [2.75, 3.05) is 5.32 Å². The van der Waals surface area contributed by atoms with Gasteiger partial charge in [0, 0.05) is 33.4 Å². The molecule has 1 aliphatic carbocycles. The lowest BCUT2D eigenvalue weighted by atomic mass is 9.75. The summed E-state index contributed by atoms with van der Waals surface area (Å²) < 4.78 is 5.52. The zero-order chi connectivity index (χ0) is 17.8. The Bertz CT molecular complexity index is 1080. The van der Waals surface area contributed by atoms with E-state index in [1.165, 1.54) is 0 Å². The second kappa shape index (κ2) is 5.60. The number of hydrogen-bond acceptors (Lipinski definition) is 5. The highest BCUT2D eigenvalue weighted by atomic mass is 32.1. The summed E-state index contributed by atoms with van der Waals surface area (Å²) in [5, 5.41) is 8.85. The molecule has 2 aliphatic rings. The lowest BCUT2D eigenvalue weighted by Gasteiger charge is -2.33. The summed E-state index contributed by atoms with van der Waals surface area (Å²) in [4.78, 5) is 27.7. The van der Waals surface area contributed by atoms with Gasteiger partial charge in [0.25, 0.3) is 5.56 Å². The molecular weight excluding hydrogens is 350 g/mol. The predicted molar refractivity (Wildman–Crippen MR) is 98.7 cm³/mol. The van der Waals surface area contributed by atoms with Crippen molar-refractivity contribution in [2.45, 2.75) is 31.6 Å². The highest BCUT2D eigenvalue weighted by Crippen LogP contribution is 2.47. The number of carbonyl (C=O) groups is 1. The number of ketones is 1. The molecule has 4 heterocycles. The monoisotopic (exact) mass is 367 g/mol. The van der Waals surface area contributed by atoms with E-state index >= 15 is 0 Å². The average molecular weight is 367 g/mol. The summed E-state index contributed by atoms with van der Waals surface area (Å²) in [7, 11) is 0. The summed E-state index contributed by atoms with van der Waals surface area (Å²) in [5.74, 6) is 1.24. The van der Waals surface area contributed by atoms with Crippen molar-refractivity contribution in [1.29, 1.82) is 0 Å². The summed E-state index contributed by atoms with van der Waals surface area (Å²) in [6.07, 6.45) is 2.71. The molecule has 0 amide bonds. The molecule has 6 nitrogen and oxygen atoms in total. The van der Waals surface area contributed by atoms with Crippen molar-refractivity contribution < 1.29 is 9.21 Å². The van der Waals surface area contributed by atoms with Gasteiger partial charge >= 0.3 is 0 Å². The van der Waals surface area contributed by atoms with E-state index in [-0.39, 0.29) is 23.2 Å². The maximum Gasteiger partial charge on any atom is 0.270 e. The van der Waals surface area contributed by atoms with E-state index in [1.54, 1.807) is 17.6 Å². The predicted octanol–water partition coefficient (Wildman–Crippen LogP) is 3.62. The largest absolute Gasteiger partial charge is 0.469 e. The van der Waals surface area contributed by atoms with E-state index < -0.39 is 0 Å². The molecule has 5 rings (SSSR count). The first-order chi connectivity index (χ1) is 12.6. The molecule has 0 spiro atoms. The van der Waals surface area contributed by atoms with Crippen molar-refractivity contribution in [1.82, 2.24) is 10.2 Å². The quantitative estimate of drug-likeness (QED) is 0.645. The summed E-state index contributed by atoms with van der Waals surface area (Å²) in [6, 6.07) is 7.80. The molecule has 2 unspecified atom stereocenters. The smallest absolute Gasteiger partial charge is 0.270 e. The molecule has 0 aromatic carbocycles. The number of aromatic nitrogens is 2. The first-order valence-electron chi connectivity index (χ1n) is 8.55. The number of furan rings is 1. The van der Waals surface area contributed by atoms with E-state index in [0.717, 1.165) is 21.2 Å². The second-order valence-electron chi connectivity index (χ2n) is 6.81. The molecule has 1 aliphatic heterocycles. The van der Waals surface area contributed by atoms with Crippen LogP contribution in [0.1, 0.15) is 45.8 Å². The number of allylic oxidation sites excluding steroid dienone is 2. The Balaban J connectivity index is 1.66. The molecule has 0 radical (unpaired) electrons. The van der Waals surface area contributed by atoms with Gasteiger partial charge in [0.15, 0.2) is 5.78 Å². The van der Waals surface area contributed by atoms with E-state index in [2.05, 4.69) is 15.5 Å². The molecule has 0 fully saturated rings. The van der Waals surface area contributed by atoms with Gasteiger partial charge < -0.3 is 9.73 Å². The Morgan fingerprint density at radius 2 is 2.04 bits per heavy atom. The minimum absolute atomic E-state index is 0.0154. The molecule has 7 heteroatoms. The summed E-state index contributed by atoms with van der Waals surface area (Å²) in [5.41, 5.74) is 2.00. The van der Waals surface area contributed by atoms with E-state index in [9.17, 15) is 9.59 Å². The highest BCUT2D eigenvalue weighted by Gasteiger charge is 2.41. The van der Waals surface area contributed by atoms with Crippen LogP contribution in [0.4, 0.5) is 5.82 Å². The Morgan fingerprint density at radius 3 is 2.77 bits per heavy atom. The second-order valence-corrected chi connectivity index (χ2v) is 8.13. The molecule has 132 valence electrons. The zero-order valence-electron chi connectivity index (χ0n) is 14.1. The fourth-order valence-electron chi connectivity index (χ4n) is 4.04. The molecule has 2 atom stereocenters. The van der Waals surface area contributed by atoms with E-state index in [1.807, 2.05) is 31.2 Å². The number of aromatic amines is 2. The summed E-state index contributed by atoms with van der Waals surface area (Å²) in [6.45, 7) is 2.03. The maximum atomic E-state index is 13.1. The van der Waals surface area contributed by atoms with Gasteiger partial charge in [0.1, 0.15) is 11.6 Å². The maximum absolute atomic E-state index is 13.1. The fraction of sp³-hybridized carbons (Fsp3) is 0.263. The van der Waals surface area contributed by atoms with Crippen LogP contribution < -0.4 is 10.9 Å². The standard InChI is InChI=1S/C19H17N3O3S/c1-9-4-5-14(26-9)16-15-11(20-18-17(16)19(24)22-21-18)7-10(8-12(15)23)13-3-2-6-25-13/h2-6,10,16H,7-8H2,1H3,(H3,20,21,22,24). The van der Waals surface area contributed by atoms with Crippen LogP contribution in [-0.2, 0) is 4.79 Å². The van der Waals surface area contributed by atoms with Gasteiger partial charge in [-0.25, -0.2) is 0 Å². The summed E-state index contributed by atoms with van der Waals surface area (Å²) >= 11 is 1.63. The SMILES string of the molecule is Cc1ccc(C2C3=C(CC(c4ccco4)CC3=O)Nc3[nH][nH]c(=O)c32)s1. The Kier molecular flexibility index (Phi) is 3.33. The Hall–Kier alpha value is -2.80. The molecule has 26 heavy (non-hydrogen) atoms. The van der Waals surface area contributed by atoms with Gasteiger partial charge in [-0.2, -0.15) is 0 Å². The number of Topliss-reactive ketones (excluding diaryl/α,β-unsaturated/α-hetero) is 1. The molecule has 3 aromatic heterocycles. The minimum Gasteiger partial charge on any atom is -0.469 e. The van der Waals surface area contributed by atoms with Gasteiger partial charge in [0.05, 0.1) is 17.7 Å². The van der Waals surface area contributed by atoms with Gasteiger partial charge in [0.2, 0.25) is 0 Å². The van der Waals surface area contributed by atoms with Crippen LogP contribution in [0.3, 0.4) is 0 Å². The van der Waals surface area contributed by atoms with Crippen LogP contribution in [0, 0.1) is 6.92 Å². The molecule has 0 saturated carbocycles. The molecule has 3 aromatic rings. The fourth-order valence-corrected chi connectivity index (χ4v) is 5.04.